The minimum absolute atomic E-state index is 0.0107. The van der Waals surface area contributed by atoms with Crippen molar-refractivity contribution in [3.8, 4) is 17.2 Å². The Morgan fingerprint density at radius 1 is 1.04 bits per heavy atom. The van der Waals surface area contributed by atoms with E-state index in [1.165, 1.54) is 0 Å². The number of aromatic nitrogens is 1. The van der Waals surface area contributed by atoms with Gasteiger partial charge in [-0.1, -0.05) is 17.7 Å². The molecule has 0 bridgehead atoms. The van der Waals surface area contributed by atoms with E-state index < -0.39 is 0 Å². The second-order valence-electron chi connectivity index (χ2n) is 6.50. The summed E-state index contributed by atoms with van der Waals surface area (Å²) in [6, 6.07) is 16.9. The summed E-state index contributed by atoms with van der Waals surface area (Å²) in [7, 11) is 0. The molecule has 4 rings (SSSR count). The lowest BCUT2D eigenvalue weighted by Crippen LogP contribution is -2.32. The Balaban J connectivity index is 1.49. The largest absolute Gasteiger partial charge is 0.491 e. The molecule has 0 fully saturated rings. The summed E-state index contributed by atoms with van der Waals surface area (Å²) in [5.41, 5.74) is 2.83. The molecule has 0 saturated heterocycles. The van der Waals surface area contributed by atoms with Gasteiger partial charge in [0.1, 0.15) is 23.9 Å². The van der Waals surface area contributed by atoms with E-state index in [1.54, 1.807) is 48.8 Å². The van der Waals surface area contributed by atoms with Crippen molar-refractivity contribution in [2.45, 2.75) is 13.5 Å². The Morgan fingerprint density at radius 2 is 1.78 bits per heavy atom. The van der Waals surface area contributed by atoms with Crippen molar-refractivity contribution in [2.75, 3.05) is 13.2 Å². The topological polar surface area (TPSA) is 51.7 Å². The quantitative estimate of drug-likeness (QED) is 0.702. The molecule has 1 aliphatic heterocycles. The highest BCUT2D eigenvalue weighted by Crippen LogP contribution is 2.26. The number of rotatable bonds is 3. The van der Waals surface area contributed by atoms with E-state index in [9.17, 15) is 4.79 Å². The lowest BCUT2D eigenvalue weighted by molar-refractivity contribution is 0.0733. The smallest absolute Gasteiger partial charge is 0.254 e. The highest BCUT2D eigenvalue weighted by Gasteiger charge is 2.21. The van der Waals surface area contributed by atoms with E-state index >= 15 is 0 Å². The molecule has 2 heterocycles. The highest BCUT2D eigenvalue weighted by atomic mass is 16.5. The first-order valence-electron chi connectivity index (χ1n) is 8.88. The van der Waals surface area contributed by atoms with Gasteiger partial charge in [0.15, 0.2) is 0 Å². The zero-order valence-corrected chi connectivity index (χ0v) is 15.1. The Hall–Kier alpha value is -3.34. The molecular formula is C22H20N2O3. The summed E-state index contributed by atoms with van der Waals surface area (Å²) >= 11 is 0. The van der Waals surface area contributed by atoms with Gasteiger partial charge in [-0.2, -0.15) is 0 Å². The molecule has 0 saturated carbocycles. The first-order valence-corrected chi connectivity index (χ1v) is 8.88. The summed E-state index contributed by atoms with van der Waals surface area (Å²) in [5, 5.41) is 0. The minimum Gasteiger partial charge on any atom is -0.491 e. The van der Waals surface area contributed by atoms with Gasteiger partial charge < -0.3 is 14.4 Å². The van der Waals surface area contributed by atoms with E-state index in [-0.39, 0.29) is 5.91 Å². The maximum atomic E-state index is 12.9. The average molecular weight is 360 g/mol. The Morgan fingerprint density at radius 3 is 2.56 bits per heavy atom. The molecule has 5 nitrogen and oxygen atoms in total. The molecule has 1 aliphatic rings. The lowest BCUT2D eigenvalue weighted by atomic mass is 10.1. The van der Waals surface area contributed by atoms with Crippen LogP contribution < -0.4 is 9.47 Å². The fourth-order valence-electron chi connectivity index (χ4n) is 3.09. The van der Waals surface area contributed by atoms with Crippen molar-refractivity contribution in [3.63, 3.8) is 0 Å². The third-order valence-electron chi connectivity index (χ3n) is 4.47. The van der Waals surface area contributed by atoms with Crippen LogP contribution in [0.1, 0.15) is 21.5 Å². The van der Waals surface area contributed by atoms with Crippen LogP contribution in [0, 0.1) is 6.92 Å². The number of pyridine rings is 1. The molecule has 0 atom stereocenters. The number of benzene rings is 2. The van der Waals surface area contributed by atoms with Crippen LogP contribution in [-0.2, 0) is 6.54 Å². The molecule has 0 radical (unpaired) electrons. The van der Waals surface area contributed by atoms with E-state index in [0.29, 0.717) is 36.8 Å². The Labute approximate surface area is 158 Å². The summed E-state index contributed by atoms with van der Waals surface area (Å²) in [6.45, 7) is 3.64. The summed E-state index contributed by atoms with van der Waals surface area (Å²) in [5.74, 6) is 2.24. The van der Waals surface area contributed by atoms with Gasteiger partial charge in [-0.15, -0.1) is 0 Å². The number of ether oxygens (including phenoxy) is 2. The van der Waals surface area contributed by atoms with Gasteiger partial charge in [-0.25, -0.2) is 0 Å². The number of nitrogens with zero attached hydrogens (tertiary/aromatic N) is 2. The van der Waals surface area contributed by atoms with Crippen LogP contribution in [0.2, 0.25) is 0 Å². The number of amides is 1. The highest BCUT2D eigenvalue weighted by molar-refractivity contribution is 5.94. The van der Waals surface area contributed by atoms with Gasteiger partial charge in [-0.05, 0) is 49.4 Å². The van der Waals surface area contributed by atoms with E-state index in [0.717, 1.165) is 16.9 Å². The molecule has 3 aromatic rings. The third kappa shape index (κ3) is 3.92. The fraction of sp³-hybridized carbons (Fsp3) is 0.182. The van der Waals surface area contributed by atoms with Crippen LogP contribution >= 0.6 is 0 Å². The number of carbonyl (C=O) groups is 1. The molecule has 0 unspecified atom stereocenters. The first kappa shape index (κ1) is 17.1. The standard InChI is InChI=1S/C22H20N2O3/c1-16-2-7-21-18(14-16)15-24(12-13-26-21)22(25)17-3-5-19(6-4-17)27-20-8-10-23-11-9-20/h2-11,14H,12-13,15H2,1H3. The zero-order valence-electron chi connectivity index (χ0n) is 15.1. The lowest BCUT2D eigenvalue weighted by Gasteiger charge is -2.20. The van der Waals surface area contributed by atoms with Crippen molar-refractivity contribution < 1.29 is 14.3 Å². The minimum atomic E-state index is -0.0107. The van der Waals surface area contributed by atoms with E-state index in [4.69, 9.17) is 9.47 Å². The van der Waals surface area contributed by atoms with Crippen molar-refractivity contribution in [1.29, 1.82) is 0 Å². The van der Waals surface area contributed by atoms with Gasteiger partial charge in [0, 0.05) is 30.1 Å². The number of aryl methyl sites for hydroxylation is 1. The van der Waals surface area contributed by atoms with Crippen LogP contribution in [0.3, 0.4) is 0 Å². The number of carbonyl (C=O) groups excluding carboxylic acids is 1. The van der Waals surface area contributed by atoms with Gasteiger partial charge in [0.25, 0.3) is 5.91 Å². The average Bonchev–Trinajstić information content (AvgIpc) is 2.91. The van der Waals surface area contributed by atoms with Crippen molar-refractivity contribution >= 4 is 5.91 Å². The van der Waals surface area contributed by atoms with E-state index in [2.05, 4.69) is 11.1 Å². The van der Waals surface area contributed by atoms with Crippen molar-refractivity contribution in [2.24, 2.45) is 0 Å². The van der Waals surface area contributed by atoms with Gasteiger partial charge >= 0.3 is 0 Å². The maximum absolute atomic E-state index is 12.9. The van der Waals surface area contributed by atoms with Gasteiger partial charge in [0.05, 0.1) is 6.54 Å². The number of hydrogen-bond donors (Lipinski definition) is 0. The Kier molecular flexibility index (Phi) is 4.75. The normalized spacial score (nSPS) is 13.3. The summed E-state index contributed by atoms with van der Waals surface area (Å²) in [6.07, 6.45) is 3.35. The number of fused-ring (bicyclic) bond motifs is 1. The van der Waals surface area contributed by atoms with Crippen molar-refractivity contribution in [1.82, 2.24) is 9.88 Å². The van der Waals surface area contributed by atoms with Crippen LogP contribution in [0.5, 0.6) is 17.2 Å². The second kappa shape index (κ2) is 7.50. The van der Waals surface area contributed by atoms with Gasteiger partial charge in [-0.3, -0.25) is 9.78 Å². The molecule has 2 aromatic carbocycles. The molecule has 0 N–H and O–H groups in total. The molecular weight excluding hydrogens is 340 g/mol. The third-order valence-corrected chi connectivity index (χ3v) is 4.47. The zero-order chi connectivity index (χ0) is 18.6. The van der Waals surface area contributed by atoms with E-state index in [1.807, 2.05) is 24.0 Å². The van der Waals surface area contributed by atoms with Gasteiger partial charge in [0.2, 0.25) is 0 Å². The first-order chi connectivity index (χ1) is 13.2. The second-order valence-corrected chi connectivity index (χ2v) is 6.50. The molecule has 0 aliphatic carbocycles. The monoisotopic (exact) mass is 360 g/mol. The number of hydrogen-bond acceptors (Lipinski definition) is 4. The maximum Gasteiger partial charge on any atom is 0.254 e. The molecule has 1 amide bonds. The predicted octanol–water partition coefficient (Wildman–Crippen LogP) is 4.22. The van der Waals surface area contributed by atoms with Crippen molar-refractivity contribution in [3.05, 3.63) is 83.7 Å². The molecule has 136 valence electrons. The predicted molar refractivity (Wildman–Crippen MR) is 102 cm³/mol. The molecule has 0 spiro atoms. The van der Waals surface area contributed by atoms with Crippen LogP contribution in [0.15, 0.2) is 67.0 Å². The summed E-state index contributed by atoms with van der Waals surface area (Å²) < 4.78 is 11.5. The SMILES string of the molecule is Cc1ccc2c(c1)CN(C(=O)c1ccc(Oc3ccncc3)cc1)CCO2. The summed E-state index contributed by atoms with van der Waals surface area (Å²) in [4.78, 5) is 18.7. The molecule has 27 heavy (non-hydrogen) atoms. The molecule has 1 aromatic heterocycles. The van der Waals surface area contributed by atoms with Crippen LogP contribution in [0.4, 0.5) is 0 Å². The van der Waals surface area contributed by atoms with Crippen LogP contribution in [-0.4, -0.2) is 28.9 Å². The Bertz CT molecular complexity index is 940. The van der Waals surface area contributed by atoms with Crippen LogP contribution in [0.25, 0.3) is 0 Å². The molecule has 5 heteroatoms. The fourth-order valence-corrected chi connectivity index (χ4v) is 3.09.